The summed E-state index contributed by atoms with van der Waals surface area (Å²) in [4.78, 5) is 11.6. The fourth-order valence-corrected chi connectivity index (χ4v) is 6.12. The van der Waals surface area contributed by atoms with E-state index in [0.717, 1.165) is 74.5 Å². The molecule has 0 bridgehead atoms. The molecule has 1 saturated carbocycles. The highest BCUT2D eigenvalue weighted by Crippen LogP contribution is 2.35. The first-order chi connectivity index (χ1) is 23.8. The van der Waals surface area contributed by atoms with E-state index < -0.39 is 19.1 Å². The summed E-state index contributed by atoms with van der Waals surface area (Å²) < 4.78 is 49.2. The fourth-order valence-electron chi connectivity index (χ4n) is 5.96. The van der Waals surface area contributed by atoms with Crippen LogP contribution in [0.5, 0.6) is 11.6 Å². The number of rotatable bonds is 18. The molecule has 0 radical (unpaired) electrons. The van der Waals surface area contributed by atoms with Gasteiger partial charge in [0.05, 0.1) is 50.2 Å². The van der Waals surface area contributed by atoms with Crippen LogP contribution in [0.25, 0.3) is 11.1 Å². The van der Waals surface area contributed by atoms with Crippen LogP contribution in [0.1, 0.15) is 45.1 Å². The first-order valence-electron chi connectivity index (χ1n) is 16.4. The molecule has 2 fully saturated rings. The fraction of sp³-hybridized carbons (Fsp3) is 0.562. The summed E-state index contributed by atoms with van der Waals surface area (Å²) >= 11 is 6.39. The second-order valence-electron chi connectivity index (χ2n) is 12.0. The van der Waals surface area contributed by atoms with Gasteiger partial charge in [-0.1, -0.05) is 22.9 Å². The van der Waals surface area contributed by atoms with Crippen molar-refractivity contribution in [3.63, 3.8) is 0 Å². The third-order valence-corrected chi connectivity index (χ3v) is 8.74. The quantitative estimate of drug-likeness (QED) is 0.0456. The lowest BCUT2D eigenvalue weighted by Crippen LogP contribution is -2.45. The summed E-state index contributed by atoms with van der Waals surface area (Å²) in [5.41, 5.74) is 9.25. The Balaban J connectivity index is 1.25. The van der Waals surface area contributed by atoms with Crippen LogP contribution in [0, 0.1) is 10.9 Å². The van der Waals surface area contributed by atoms with Gasteiger partial charge in [0, 0.05) is 43.5 Å². The Morgan fingerprint density at radius 2 is 1.86 bits per heavy atom. The van der Waals surface area contributed by atoms with Crippen molar-refractivity contribution in [2.75, 3.05) is 58.0 Å². The summed E-state index contributed by atoms with van der Waals surface area (Å²) in [6, 6.07) is 6.11. The van der Waals surface area contributed by atoms with Crippen LogP contribution >= 0.6 is 11.6 Å². The average Bonchev–Trinajstić information content (AvgIpc) is 3.52. The Hall–Kier alpha value is -3.99. The molecule has 0 amide bonds. The van der Waals surface area contributed by atoms with Gasteiger partial charge < -0.3 is 24.3 Å². The van der Waals surface area contributed by atoms with Crippen molar-refractivity contribution >= 4 is 29.6 Å². The lowest BCUT2D eigenvalue weighted by Gasteiger charge is -2.38. The molecule has 0 spiro atoms. The molecule has 5 rings (SSSR count). The lowest BCUT2D eigenvalue weighted by molar-refractivity contribution is 0.00501. The average molecular weight is 705 g/mol. The van der Waals surface area contributed by atoms with Gasteiger partial charge in [0.15, 0.2) is 0 Å². The minimum atomic E-state index is -2.50. The van der Waals surface area contributed by atoms with E-state index in [2.05, 4.69) is 25.4 Å². The Kier molecular flexibility index (Phi) is 13.4. The number of hydrogen-bond donors (Lipinski definition) is 3. The summed E-state index contributed by atoms with van der Waals surface area (Å²) in [5.74, 6) is 1.16. The highest BCUT2D eigenvalue weighted by Gasteiger charge is 2.29. The van der Waals surface area contributed by atoms with Gasteiger partial charge in [-0.2, -0.15) is 5.53 Å². The maximum atomic E-state index is 12.4. The first kappa shape index (κ1) is 36.3. The highest BCUT2D eigenvalue weighted by atomic mass is 35.5. The molecule has 1 saturated heterocycles. The molecule has 3 aromatic rings. The third kappa shape index (κ3) is 10.5. The van der Waals surface area contributed by atoms with E-state index >= 15 is 0 Å². The van der Waals surface area contributed by atoms with E-state index in [1.807, 2.05) is 16.9 Å². The topological polar surface area (TPSA) is 159 Å². The van der Waals surface area contributed by atoms with Gasteiger partial charge in [0.2, 0.25) is 5.95 Å². The van der Waals surface area contributed by atoms with E-state index in [9.17, 15) is 8.78 Å². The van der Waals surface area contributed by atoms with Crippen molar-refractivity contribution in [2.24, 2.45) is 5.22 Å². The Labute approximate surface area is 289 Å². The Bertz CT molecular complexity index is 1480. The Morgan fingerprint density at radius 1 is 1.12 bits per heavy atom. The third-order valence-electron chi connectivity index (χ3n) is 8.43. The summed E-state index contributed by atoms with van der Waals surface area (Å²) in [5, 5.41) is 20.1. The van der Waals surface area contributed by atoms with Crippen molar-refractivity contribution < 1.29 is 27.7 Å². The summed E-state index contributed by atoms with van der Waals surface area (Å²) in [6.45, 7) is 5.34. The molecule has 3 heterocycles. The lowest BCUT2D eigenvalue weighted by atomic mass is 9.90. The maximum absolute atomic E-state index is 12.4. The number of anilines is 2. The van der Waals surface area contributed by atoms with Gasteiger partial charge in [-0.3, -0.25) is 15.0 Å². The predicted molar refractivity (Wildman–Crippen MR) is 179 cm³/mol. The number of nitrogens with zero attached hydrogens (tertiary/aromatic N) is 7. The summed E-state index contributed by atoms with van der Waals surface area (Å²) in [7, 11) is 0. The first-order valence-corrected chi connectivity index (χ1v) is 16.8. The molecule has 1 atom stereocenters. The van der Waals surface area contributed by atoms with Crippen LogP contribution in [-0.4, -0.2) is 107 Å². The van der Waals surface area contributed by atoms with Crippen LogP contribution in [0.15, 0.2) is 42.0 Å². The molecule has 0 unspecified atom stereocenters. The number of aromatic nitrogens is 4. The number of halogens is 3. The smallest absolute Gasteiger partial charge is 0.261 e. The standard InChI is InChI=1S/C32H43ClF2N10O4/c1-22(18-44(21-36)42-37)49-29-15-23(3-8-27(29)33)24-16-38-32(39-17-24)40-28-19-45(41-31(28)48-12-2-11-47-20-30(34)35)26-6-4-25(5-7-26)43-9-13-46-14-10-43/h3,8,15-17,19,21-22,25-26,30,36-37H,2,4-7,9-14,18,20H2,1H3,(H,38,39,40)/t22-,25-,26-/m0/s1. The van der Waals surface area contributed by atoms with E-state index in [1.54, 1.807) is 31.5 Å². The number of nitrogens with one attached hydrogen (secondary N) is 3. The Morgan fingerprint density at radius 3 is 2.55 bits per heavy atom. The molecule has 14 nitrogen and oxygen atoms in total. The number of morpholine rings is 1. The van der Waals surface area contributed by atoms with Crippen molar-refractivity contribution in [1.82, 2.24) is 29.7 Å². The van der Waals surface area contributed by atoms with Gasteiger partial charge in [0.25, 0.3) is 12.3 Å². The van der Waals surface area contributed by atoms with Crippen LogP contribution < -0.4 is 14.8 Å². The van der Waals surface area contributed by atoms with E-state index in [1.165, 1.54) is 0 Å². The number of alkyl halides is 2. The van der Waals surface area contributed by atoms with Crippen molar-refractivity contribution in [1.29, 1.82) is 10.9 Å². The van der Waals surface area contributed by atoms with Gasteiger partial charge in [-0.15, -0.1) is 5.10 Å². The molecule has 1 aliphatic heterocycles. The van der Waals surface area contributed by atoms with Gasteiger partial charge in [-0.25, -0.2) is 23.8 Å². The van der Waals surface area contributed by atoms with Crippen LogP contribution in [0.4, 0.5) is 20.4 Å². The molecular weight excluding hydrogens is 662 g/mol. The largest absolute Gasteiger partial charge is 0.487 e. The van der Waals surface area contributed by atoms with Crippen LogP contribution in [0.2, 0.25) is 5.02 Å². The minimum Gasteiger partial charge on any atom is -0.487 e. The molecule has 49 heavy (non-hydrogen) atoms. The molecule has 266 valence electrons. The highest BCUT2D eigenvalue weighted by molar-refractivity contribution is 6.32. The number of ether oxygens (including phenoxy) is 4. The van der Waals surface area contributed by atoms with Gasteiger partial charge in [0.1, 0.15) is 30.5 Å². The van der Waals surface area contributed by atoms with E-state index in [4.69, 9.17) is 46.6 Å². The molecule has 2 aliphatic rings. The van der Waals surface area contributed by atoms with Crippen molar-refractivity contribution in [2.45, 2.75) is 63.6 Å². The molecule has 1 aliphatic carbocycles. The molecular formula is C32H43ClF2N10O4. The monoisotopic (exact) mass is 704 g/mol. The molecule has 3 N–H and O–H groups in total. The summed E-state index contributed by atoms with van der Waals surface area (Å²) in [6.07, 6.45) is 7.89. The van der Waals surface area contributed by atoms with Crippen molar-refractivity contribution in [3.05, 3.63) is 41.8 Å². The zero-order chi connectivity index (χ0) is 34.6. The van der Waals surface area contributed by atoms with Crippen LogP contribution in [-0.2, 0) is 9.47 Å². The van der Waals surface area contributed by atoms with Crippen molar-refractivity contribution in [3.8, 4) is 22.8 Å². The second-order valence-corrected chi connectivity index (χ2v) is 12.4. The molecule has 2 aromatic heterocycles. The maximum Gasteiger partial charge on any atom is 0.261 e. The number of hydrogen-bond acceptors (Lipinski definition) is 12. The van der Waals surface area contributed by atoms with Gasteiger partial charge >= 0.3 is 0 Å². The predicted octanol–water partition coefficient (Wildman–Crippen LogP) is 6.23. The van der Waals surface area contributed by atoms with Crippen LogP contribution in [0.3, 0.4) is 0 Å². The van der Waals surface area contributed by atoms with Gasteiger partial charge in [-0.05, 0) is 50.3 Å². The number of benzene rings is 1. The second kappa shape index (κ2) is 18.1. The molecule has 1 aromatic carbocycles. The SMILES string of the molecule is C[C@@H](CN(C=N)N=N)Oc1cc(-c2cnc(Nc3cn([C@H]4CC[C@H](N5CCOCC5)CC4)nc3OCCCOCC(F)F)nc2)ccc1Cl. The molecule has 17 heteroatoms. The van der Waals surface area contributed by atoms with E-state index in [0.29, 0.717) is 40.8 Å². The zero-order valence-corrected chi connectivity index (χ0v) is 28.2. The normalized spacial score (nSPS) is 19.0. The van der Waals surface area contributed by atoms with E-state index in [-0.39, 0.29) is 25.8 Å². The minimum absolute atomic E-state index is 0.156. The zero-order valence-electron chi connectivity index (χ0n) is 27.4.